The highest BCUT2D eigenvalue weighted by molar-refractivity contribution is 6.32. The van der Waals surface area contributed by atoms with Gasteiger partial charge in [0.05, 0.1) is 11.6 Å². The third-order valence-corrected chi connectivity index (χ3v) is 4.42. The van der Waals surface area contributed by atoms with Gasteiger partial charge < -0.3 is 15.4 Å². The minimum atomic E-state index is 0.0311. The SMILES string of the molecule is CC(N)C1CCCCN1C(=O)CCCOc1ccccc1Cl. The molecule has 0 aliphatic carbocycles. The number of halogens is 1. The highest BCUT2D eigenvalue weighted by Gasteiger charge is 2.28. The Hall–Kier alpha value is -1.26. The number of carbonyl (C=O) groups excluding carboxylic acids is 1. The lowest BCUT2D eigenvalue weighted by Crippen LogP contribution is -2.51. The molecular weight excluding hydrogens is 300 g/mol. The van der Waals surface area contributed by atoms with Gasteiger partial charge in [0.25, 0.3) is 0 Å². The number of hydrogen-bond acceptors (Lipinski definition) is 3. The van der Waals surface area contributed by atoms with E-state index in [0.29, 0.717) is 30.2 Å². The number of likely N-dealkylation sites (tertiary alicyclic amines) is 1. The summed E-state index contributed by atoms with van der Waals surface area (Å²) in [6.45, 7) is 3.30. The number of rotatable bonds is 6. The Kier molecular flexibility index (Phi) is 6.52. The quantitative estimate of drug-likeness (QED) is 0.817. The second-order valence-corrected chi connectivity index (χ2v) is 6.30. The smallest absolute Gasteiger partial charge is 0.222 e. The Bertz CT molecular complexity index is 493. The average molecular weight is 325 g/mol. The predicted molar refractivity (Wildman–Crippen MR) is 89.2 cm³/mol. The van der Waals surface area contributed by atoms with Gasteiger partial charge in [-0.2, -0.15) is 0 Å². The van der Waals surface area contributed by atoms with Crippen molar-refractivity contribution >= 4 is 17.5 Å². The number of para-hydroxylation sites is 1. The van der Waals surface area contributed by atoms with Crippen LogP contribution in [0.2, 0.25) is 5.02 Å². The molecule has 1 amide bonds. The van der Waals surface area contributed by atoms with Crippen molar-refractivity contribution in [1.29, 1.82) is 0 Å². The van der Waals surface area contributed by atoms with Crippen LogP contribution in [0.3, 0.4) is 0 Å². The maximum Gasteiger partial charge on any atom is 0.222 e. The fraction of sp³-hybridized carbons (Fsp3) is 0.588. The molecule has 0 saturated carbocycles. The first-order valence-electron chi connectivity index (χ1n) is 8.02. The lowest BCUT2D eigenvalue weighted by atomic mass is 9.96. The molecule has 1 saturated heterocycles. The Labute approximate surface area is 137 Å². The van der Waals surface area contributed by atoms with Crippen LogP contribution in [-0.4, -0.2) is 36.0 Å². The van der Waals surface area contributed by atoms with Crippen LogP contribution in [0.1, 0.15) is 39.0 Å². The van der Waals surface area contributed by atoms with E-state index < -0.39 is 0 Å². The molecule has 4 nitrogen and oxygen atoms in total. The number of benzene rings is 1. The van der Waals surface area contributed by atoms with Gasteiger partial charge in [0.2, 0.25) is 5.91 Å². The fourth-order valence-electron chi connectivity index (χ4n) is 2.92. The summed E-state index contributed by atoms with van der Waals surface area (Å²) >= 11 is 6.03. The van der Waals surface area contributed by atoms with E-state index in [1.807, 2.05) is 30.0 Å². The Morgan fingerprint density at radius 1 is 1.45 bits per heavy atom. The molecule has 0 radical (unpaired) electrons. The summed E-state index contributed by atoms with van der Waals surface area (Å²) in [4.78, 5) is 14.3. The van der Waals surface area contributed by atoms with Crippen molar-refractivity contribution in [2.75, 3.05) is 13.2 Å². The van der Waals surface area contributed by atoms with Crippen molar-refractivity contribution in [2.45, 2.75) is 51.1 Å². The van der Waals surface area contributed by atoms with E-state index in [0.717, 1.165) is 25.8 Å². The van der Waals surface area contributed by atoms with Crippen molar-refractivity contribution in [3.05, 3.63) is 29.3 Å². The molecular formula is C17H25ClN2O2. The van der Waals surface area contributed by atoms with Crippen LogP contribution in [0.25, 0.3) is 0 Å². The topological polar surface area (TPSA) is 55.6 Å². The molecule has 2 N–H and O–H groups in total. The molecule has 1 heterocycles. The molecule has 22 heavy (non-hydrogen) atoms. The number of amides is 1. The van der Waals surface area contributed by atoms with E-state index in [2.05, 4.69) is 0 Å². The largest absolute Gasteiger partial charge is 0.492 e. The third-order valence-electron chi connectivity index (χ3n) is 4.11. The molecule has 0 bridgehead atoms. The monoisotopic (exact) mass is 324 g/mol. The highest BCUT2D eigenvalue weighted by atomic mass is 35.5. The van der Waals surface area contributed by atoms with Crippen LogP contribution in [0.15, 0.2) is 24.3 Å². The van der Waals surface area contributed by atoms with E-state index in [9.17, 15) is 4.79 Å². The molecule has 1 aliphatic rings. The molecule has 5 heteroatoms. The molecule has 2 rings (SSSR count). The van der Waals surface area contributed by atoms with Crippen molar-refractivity contribution in [3.8, 4) is 5.75 Å². The van der Waals surface area contributed by atoms with Crippen LogP contribution in [-0.2, 0) is 4.79 Å². The molecule has 122 valence electrons. The third kappa shape index (κ3) is 4.62. The summed E-state index contributed by atoms with van der Waals surface area (Å²) in [5.74, 6) is 0.854. The normalized spacial score (nSPS) is 19.8. The summed E-state index contributed by atoms with van der Waals surface area (Å²) in [5.41, 5.74) is 6.01. The molecule has 0 aromatic heterocycles. The van der Waals surface area contributed by atoms with Gasteiger partial charge in [0, 0.05) is 25.0 Å². The Morgan fingerprint density at radius 3 is 2.95 bits per heavy atom. The van der Waals surface area contributed by atoms with Gasteiger partial charge >= 0.3 is 0 Å². The first-order valence-corrected chi connectivity index (χ1v) is 8.40. The van der Waals surface area contributed by atoms with E-state index in [1.54, 1.807) is 6.07 Å². The number of nitrogens with two attached hydrogens (primary N) is 1. The average Bonchev–Trinajstić information content (AvgIpc) is 2.52. The number of carbonyl (C=O) groups is 1. The molecule has 0 spiro atoms. The summed E-state index contributed by atoms with van der Waals surface area (Å²) in [6, 6.07) is 7.59. The Morgan fingerprint density at radius 2 is 2.23 bits per heavy atom. The molecule has 1 aromatic carbocycles. The second kappa shape index (κ2) is 8.39. The maximum absolute atomic E-state index is 12.4. The van der Waals surface area contributed by atoms with Crippen LogP contribution >= 0.6 is 11.6 Å². The van der Waals surface area contributed by atoms with Crippen molar-refractivity contribution in [3.63, 3.8) is 0 Å². The molecule has 2 unspecified atom stereocenters. The fourth-order valence-corrected chi connectivity index (χ4v) is 3.11. The molecule has 1 aromatic rings. The predicted octanol–water partition coefficient (Wildman–Crippen LogP) is 3.23. The summed E-state index contributed by atoms with van der Waals surface area (Å²) in [6.07, 6.45) is 4.43. The zero-order valence-corrected chi connectivity index (χ0v) is 13.9. The van der Waals surface area contributed by atoms with Gasteiger partial charge in [-0.3, -0.25) is 4.79 Å². The van der Waals surface area contributed by atoms with Gasteiger partial charge in [0.15, 0.2) is 0 Å². The molecule has 2 atom stereocenters. The number of ether oxygens (including phenoxy) is 1. The first-order chi connectivity index (χ1) is 10.6. The lowest BCUT2D eigenvalue weighted by Gasteiger charge is -2.38. The zero-order valence-electron chi connectivity index (χ0n) is 13.1. The summed E-state index contributed by atoms with van der Waals surface area (Å²) in [7, 11) is 0. The number of nitrogens with zero attached hydrogens (tertiary/aromatic N) is 1. The van der Waals surface area contributed by atoms with Crippen molar-refractivity contribution < 1.29 is 9.53 Å². The molecule has 1 fully saturated rings. The van der Waals surface area contributed by atoms with Crippen LogP contribution < -0.4 is 10.5 Å². The van der Waals surface area contributed by atoms with Gasteiger partial charge in [-0.05, 0) is 44.7 Å². The van der Waals surface area contributed by atoms with Crippen molar-refractivity contribution in [1.82, 2.24) is 4.90 Å². The minimum absolute atomic E-state index is 0.0311. The molecule has 1 aliphatic heterocycles. The highest BCUT2D eigenvalue weighted by Crippen LogP contribution is 2.24. The standard InChI is InChI=1S/C17H25ClN2O2/c1-13(19)15-8-4-5-11-20(15)17(21)10-6-12-22-16-9-3-2-7-14(16)18/h2-3,7,9,13,15H,4-6,8,10-12,19H2,1H3. The Balaban J connectivity index is 1.76. The summed E-state index contributed by atoms with van der Waals surface area (Å²) in [5, 5.41) is 0.599. The van der Waals surface area contributed by atoms with E-state index in [4.69, 9.17) is 22.1 Å². The van der Waals surface area contributed by atoms with Gasteiger partial charge in [0.1, 0.15) is 5.75 Å². The first kappa shape index (κ1) is 17.1. The van der Waals surface area contributed by atoms with E-state index in [1.165, 1.54) is 0 Å². The van der Waals surface area contributed by atoms with E-state index in [-0.39, 0.29) is 18.0 Å². The maximum atomic E-state index is 12.4. The van der Waals surface area contributed by atoms with Crippen molar-refractivity contribution in [2.24, 2.45) is 5.73 Å². The van der Waals surface area contributed by atoms with Gasteiger partial charge in [-0.25, -0.2) is 0 Å². The second-order valence-electron chi connectivity index (χ2n) is 5.89. The van der Waals surface area contributed by atoms with E-state index >= 15 is 0 Å². The van der Waals surface area contributed by atoms with Crippen LogP contribution in [0.4, 0.5) is 0 Å². The van der Waals surface area contributed by atoms with Crippen LogP contribution in [0, 0.1) is 0 Å². The number of hydrogen-bond donors (Lipinski definition) is 1. The number of piperidine rings is 1. The van der Waals surface area contributed by atoms with Gasteiger partial charge in [-0.15, -0.1) is 0 Å². The zero-order chi connectivity index (χ0) is 15.9. The summed E-state index contributed by atoms with van der Waals surface area (Å²) < 4.78 is 5.62. The van der Waals surface area contributed by atoms with Gasteiger partial charge in [-0.1, -0.05) is 23.7 Å². The van der Waals surface area contributed by atoms with Crippen LogP contribution in [0.5, 0.6) is 5.75 Å². The lowest BCUT2D eigenvalue weighted by molar-refractivity contribution is -0.135. The minimum Gasteiger partial charge on any atom is -0.492 e.